The Kier molecular flexibility index (Phi) is 2.45. The van der Waals surface area contributed by atoms with Crippen molar-refractivity contribution in [2.24, 2.45) is 0 Å². The zero-order chi connectivity index (χ0) is 9.80. The summed E-state index contributed by atoms with van der Waals surface area (Å²) in [5, 5.41) is 0. The van der Waals surface area contributed by atoms with Crippen molar-refractivity contribution in [1.29, 1.82) is 0 Å². The fourth-order valence-corrected chi connectivity index (χ4v) is 1.17. The molecule has 0 unspecified atom stereocenters. The van der Waals surface area contributed by atoms with E-state index in [4.69, 9.17) is 4.42 Å². The smallest absolute Gasteiger partial charge is 0.123 e. The van der Waals surface area contributed by atoms with Crippen molar-refractivity contribution >= 4 is 12.2 Å². The van der Waals surface area contributed by atoms with E-state index in [0.29, 0.717) is 0 Å². The van der Waals surface area contributed by atoms with E-state index in [1.807, 2.05) is 24.3 Å². The molecule has 0 fully saturated rings. The average molecular weight is 188 g/mol. The van der Waals surface area contributed by atoms with E-state index in [9.17, 15) is 4.39 Å². The van der Waals surface area contributed by atoms with Gasteiger partial charge in [0.05, 0.1) is 12.5 Å². The third kappa shape index (κ3) is 2.10. The van der Waals surface area contributed by atoms with Crippen molar-refractivity contribution < 1.29 is 8.81 Å². The molecule has 0 amide bonds. The van der Waals surface area contributed by atoms with Crippen LogP contribution in [-0.4, -0.2) is 0 Å². The SMILES string of the molecule is Fc1cccc(/C=C/c2ccoc2)c1. The first kappa shape index (κ1) is 8.75. The van der Waals surface area contributed by atoms with E-state index in [2.05, 4.69) is 0 Å². The first-order valence-corrected chi connectivity index (χ1v) is 4.30. The summed E-state index contributed by atoms with van der Waals surface area (Å²) in [6.07, 6.45) is 6.95. The van der Waals surface area contributed by atoms with Crippen LogP contribution in [0.15, 0.2) is 47.3 Å². The highest BCUT2D eigenvalue weighted by molar-refractivity contribution is 5.68. The predicted molar refractivity (Wildman–Crippen MR) is 54.0 cm³/mol. The maximum Gasteiger partial charge on any atom is 0.123 e. The molecule has 0 saturated heterocycles. The minimum absolute atomic E-state index is 0.223. The minimum Gasteiger partial charge on any atom is -0.472 e. The minimum atomic E-state index is -0.223. The number of rotatable bonds is 2. The average Bonchev–Trinajstić information content (AvgIpc) is 2.67. The topological polar surface area (TPSA) is 13.1 Å². The maximum atomic E-state index is 12.8. The van der Waals surface area contributed by atoms with Crippen LogP contribution in [0.3, 0.4) is 0 Å². The van der Waals surface area contributed by atoms with Crippen LogP contribution in [0.5, 0.6) is 0 Å². The normalized spacial score (nSPS) is 10.9. The largest absolute Gasteiger partial charge is 0.472 e. The molecule has 1 heterocycles. The molecule has 0 atom stereocenters. The molecule has 0 bridgehead atoms. The van der Waals surface area contributed by atoms with E-state index in [-0.39, 0.29) is 5.82 Å². The van der Waals surface area contributed by atoms with Crippen LogP contribution in [0, 0.1) is 5.82 Å². The molecule has 2 aromatic rings. The highest BCUT2D eigenvalue weighted by atomic mass is 19.1. The summed E-state index contributed by atoms with van der Waals surface area (Å²) in [4.78, 5) is 0. The van der Waals surface area contributed by atoms with Gasteiger partial charge in [0.15, 0.2) is 0 Å². The lowest BCUT2D eigenvalue weighted by Gasteiger charge is -1.91. The molecule has 0 aliphatic carbocycles. The molecular weight excluding hydrogens is 179 g/mol. The second-order valence-electron chi connectivity index (χ2n) is 2.95. The lowest BCUT2D eigenvalue weighted by atomic mass is 10.2. The summed E-state index contributed by atoms with van der Waals surface area (Å²) in [5.41, 5.74) is 1.81. The Morgan fingerprint density at radius 2 is 1.93 bits per heavy atom. The Bertz CT molecular complexity index is 429. The molecule has 0 radical (unpaired) electrons. The number of halogens is 1. The molecule has 1 aromatic carbocycles. The summed E-state index contributed by atoms with van der Waals surface area (Å²) in [6.45, 7) is 0. The van der Waals surface area contributed by atoms with Crippen LogP contribution in [0.1, 0.15) is 11.1 Å². The molecule has 1 nitrogen and oxygen atoms in total. The van der Waals surface area contributed by atoms with E-state index in [0.717, 1.165) is 11.1 Å². The van der Waals surface area contributed by atoms with Crippen LogP contribution in [0.25, 0.3) is 12.2 Å². The molecule has 0 aliphatic rings. The van der Waals surface area contributed by atoms with Gasteiger partial charge in [-0.1, -0.05) is 24.3 Å². The third-order valence-corrected chi connectivity index (χ3v) is 1.86. The molecular formula is C12H9FO. The van der Waals surface area contributed by atoms with E-state index in [1.165, 1.54) is 12.1 Å². The van der Waals surface area contributed by atoms with Crippen LogP contribution in [0.4, 0.5) is 4.39 Å². The quantitative estimate of drug-likeness (QED) is 0.701. The lowest BCUT2D eigenvalue weighted by molar-refractivity contribution is 0.567. The van der Waals surface area contributed by atoms with Gasteiger partial charge in [0, 0.05) is 5.56 Å². The summed E-state index contributed by atoms with van der Waals surface area (Å²) >= 11 is 0. The maximum absolute atomic E-state index is 12.8. The summed E-state index contributed by atoms with van der Waals surface area (Å²) < 4.78 is 17.7. The first-order valence-electron chi connectivity index (χ1n) is 4.30. The van der Waals surface area contributed by atoms with Crippen molar-refractivity contribution in [3.8, 4) is 0 Å². The van der Waals surface area contributed by atoms with Crippen LogP contribution < -0.4 is 0 Å². The van der Waals surface area contributed by atoms with Gasteiger partial charge in [-0.3, -0.25) is 0 Å². The second-order valence-corrected chi connectivity index (χ2v) is 2.95. The fraction of sp³-hybridized carbons (Fsp3) is 0. The molecule has 14 heavy (non-hydrogen) atoms. The molecule has 0 aliphatic heterocycles. The van der Waals surface area contributed by atoms with Crippen LogP contribution >= 0.6 is 0 Å². The predicted octanol–water partition coefficient (Wildman–Crippen LogP) is 3.59. The standard InChI is InChI=1S/C12H9FO/c13-12-3-1-2-10(8-12)4-5-11-6-7-14-9-11/h1-9H/b5-4+. The first-order chi connectivity index (χ1) is 6.84. The van der Waals surface area contributed by atoms with Gasteiger partial charge in [-0.15, -0.1) is 0 Å². The molecule has 0 N–H and O–H groups in total. The number of hydrogen-bond acceptors (Lipinski definition) is 1. The van der Waals surface area contributed by atoms with Crippen LogP contribution in [0.2, 0.25) is 0 Å². The summed E-state index contributed by atoms with van der Waals surface area (Å²) in [6, 6.07) is 8.28. The Hall–Kier alpha value is -1.83. The van der Waals surface area contributed by atoms with Gasteiger partial charge in [-0.05, 0) is 23.8 Å². The molecule has 2 heteroatoms. The fourth-order valence-electron chi connectivity index (χ4n) is 1.17. The van der Waals surface area contributed by atoms with Gasteiger partial charge >= 0.3 is 0 Å². The molecule has 0 spiro atoms. The monoisotopic (exact) mass is 188 g/mol. The summed E-state index contributed by atoms with van der Waals surface area (Å²) in [7, 11) is 0. The zero-order valence-electron chi connectivity index (χ0n) is 7.48. The van der Waals surface area contributed by atoms with Crippen molar-refractivity contribution in [1.82, 2.24) is 0 Å². The van der Waals surface area contributed by atoms with Gasteiger partial charge in [0.1, 0.15) is 5.82 Å². The van der Waals surface area contributed by atoms with Crippen LogP contribution in [-0.2, 0) is 0 Å². The Morgan fingerprint density at radius 3 is 2.64 bits per heavy atom. The van der Waals surface area contributed by atoms with Crippen molar-refractivity contribution in [3.63, 3.8) is 0 Å². The van der Waals surface area contributed by atoms with Gasteiger partial charge in [-0.2, -0.15) is 0 Å². The van der Waals surface area contributed by atoms with E-state index < -0.39 is 0 Å². The Balaban J connectivity index is 2.18. The van der Waals surface area contributed by atoms with Crippen molar-refractivity contribution in [2.45, 2.75) is 0 Å². The van der Waals surface area contributed by atoms with Gasteiger partial charge < -0.3 is 4.42 Å². The second kappa shape index (κ2) is 3.92. The Labute approximate surface area is 81.5 Å². The van der Waals surface area contributed by atoms with Crippen molar-refractivity contribution in [2.75, 3.05) is 0 Å². The number of furan rings is 1. The van der Waals surface area contributed by atoms with E-state index in [1.54, 1.807) is 18.6 Å². The van der Waals surface area contributed by atoms with Gasteiger partial charge in [0.25, 0.3) is 0 Å². The molecule has 1 aromatic heterocycles. The van der Waals surface area contributed by atoms with Gasteiger partial charge in [0.2, 0.25) is 0 Å². The lowest BCUT2D eigenvalue weighted by Crippen LogP contribution is -1.74. The third-order valence-electron chi connectivity index (χ3n) is 1.86. The zero-order valence-corrected chi connectivity index (χ0v) is 7.48. The highest BCUT2D eigenvalue weighted by Gasteiger charge is 1.91. The highest BCUT2D eigenvalue weighted by Crippen LogP contribution is 2.09. The number of hydrogen-bond donors (Lipinski definition) is 0. The van der Waals surface area contributed by atoms with Gasteiger partial charge in [-0.25, -0.2) is 4.39 Å². The van der Waals surface area contributed by atoms with E-state index >= 15 is 0 Å². The Morgan fingerprint density at radius 1 is 1.07 bits per heavy atom. The molecule has 0 saturated carbocycles. The number of benzene rings is 1. The molecule has 2 rings (SSSR count). The summed E-state index contributed by atoms with van der Waals surface area (Å²) in [5.74, 6) is -0.223. The van der Waals surface area contributed by atoms with Crippen molar-refractivity contribution in [3.05, 3.63) is 59.8 Å². The molecule has 70 valence electrons.